The summed E-state index contributed by atoms with van der Waals surface area (Å²) in [5.41, 5.74) is -0.989. The van der Waals surface area contributed by atoms with E-state index in [0.29, 0.717) is 13.0 Å². The summed E-state index contributed by atoms with van der Waals surface area (Å²) >= 11 is 0. The fraction of sp³-hybridized carbons (Fsp3) is 0.750. The highest BCUT2D eigenvalue weighted by molar-refractivity contribution is 6.01. The van der Waals surface area contributed by atoms with Gasteiger partial charge >= 0.3 is 0 Å². The first kappa shape index (κ1) is 17.9. The molecule has 1 amide bonds. The number of hydrogen-bond acceptors (Lipinski definition) is 5. The Bertz CT molecular complexity index is 713. The standard InChI is InChI=1S/C20H27NO5/c1-5-21-18(24)20-12(10(2)3)7-13(22)17(20)16-14(23)8-25-9-19(16)11(4)6-15(20)26-19/h6,10,12,15-17H,5,7-9H2,1-4H3,(H,21,24)/t12-,15-,16-,17-,19+,20-/m1/s1. The van der Waals surface area contributed by atoms with Crippen LogP contribution in [0, 0.1) is 29.1 Å². The third-order valence-corrected chi connectivity index (χ3v) is 7.05. The second-order valence-corrected chi connectivity index (χ2v) is 8.51. The van der Waals surface area contributed by atoms with Gasteiger partial charge in [-0.1, -0.05) is 19.9 Å². The summed E-state index contributed by atoms with van der Waals surface area (Å²) in [7, 11) is 0. The number of Topliss-reactive ketones (excluding diaryl/α,β-unsaturated/α-hetero) is 2. The van der Waals surface area contributed by atoms with Gasteiger partial charge in [0.15, 0.2) is 5.78 Å². The van der Waals surface area contributed by atoms with E-state index in [-0.39, 0.29) is 42.5 Å². The molecule has 0 radical (unpaired) electrons. The molecule has 2 bridgehead atoms. The average molecular weight is 361 g/mol. The molecule has 0 unspecified atom stereocenters. The Balaban J connectivity index is 1.95. The van der Waals surface area contributed by atoms with E-state index in [0.717, 1.165) is 5.57 Å². The molecule has 3 heterocycles. The maximum atomic E-state index is 13.4. The Morgan fingerprint density at radius 3 is 2.69 bits per heavy atom. The minimum Gasteiger partial charge on any atom is -0.370 e. The Kier molecular flexibility index (Phi) is 3.94. The molecule has 142 valence electrons. The largest absolute Gasteiger partial charge is 0.370 e. The number of ketones is 2. The number of nitrogens with one attached hydrogen (secondary N) is 1. The van der Waals surface area contributed by atoms with Crippen LogP contribution in [0.5, 0.6) is 0 Å². The number of ether oxygens (including phenoxy) is 2. The van der Waals surface area contributed by atoms with Crippen molar-refractivity contribution in [2.75, 3.05) is 19.8 Å². The molecule has 3 aliphatic heterocycles. The first-order valence-corrected chi connectivity index (χ1v) is 9.58. The van der Waals surface area contributed by atoms with Crippen molar-refractivity contribution in [1.82, 2.24) is 5.32 Å². The van der Waals surface area contributed by atoms with E-state index >= 15 is 0 Å². The molecule has 0 aromatic rings. The van der Waals surface area contributed by atoms with Gasteiger partial charge in [-0.25, -0.2) is 0 Å². The van der Waals surface area contributed by atoms with Crippen molar-refractivity contribution in [2.45, 2.75) is 45.8 Å². The molecule has 4 aliphatic rings. The van der Waals surface area contributed by atoms with Crippen molar-refractivity contribution in [2.24, 2.45) is 29.1 Å². The van der Waals surface area contributed by atoms with Crippen LogP contribution in [-0.2, 0) is 23.9 Å². The molecule has 26 heavy (non-hydrogen) atoms. The predicted octanol–water partition coefficient (Wildman–Crippen LogP) is 1.28. The van der Waals surface area contributed by atoms with Crippen LogP contribution in [0.2, 0.25) is 0 Å². The number of rotatable bonds is 3. The molecular formula is C20H27NO5. The third-order valence-electron chi connectivity index (χ3n) is 7.05. The summed E-state index contributed by atoms with van der Waals surface area (Å²) < 4.78 is 11.9. The second kappa shape index (κ2) is 5.73. The van der Waals surface area contributed by atoms with E-state index in [1.807, 2.05) is 33.8 Å². The van der Waals surface area contributed by atoms with Crippen LogP contribution >= 0.6 is 0 Å². The van der Waals surface area contributed by atoms with Gasteiger partial charge in [0.1, 0.15) is 18.0 Å². The second-order valence-electron chi connectivity index (χ2n) is 8.51. The minimum absolute atomic E-state index is 0.0185. The van der Waals surface area contributed by atoms with Gasteiger partial charge in [0.2, 0.25) is 5.91 Å². The Morgan fingerprint density at radius 2 is 2.04 bits per heavy atom. The maximum absolute atomic E-state index is 13.4. The van der Waals surface area contributed by atoms with E-state index in [1.165, 1.54) is 0 Å². The molecule has 6 nitrogen and oxygen atoms in total. The summed E-state index contributed by atoms with van der Waals surface area (Å²) in [5, 5.41) is 2.95. The van der Waals surface area contributed by atoms with Crippen LogP contribution in [-0.4, -0.2) is 48.9 Å². The van der Waals surface area contributed by atoms with Crippen LogP contribution in [0.25, 0.3) is 0 Å². The number of hydrogen-bond donors (Lipinski definition) is 1. The highest BCUT2D eigenvalue weighted by atomic mass is 16.6. The van der Waals surface area contributed by atoms with E-state index in [2.05, 4.69) is 5.32 Å². The molecule has 1 saturated carbocycles. The zero-order valence-corrected chi connectivity index (χ0v) is 15.8. The van der Waals surface area contributed by atoms with E-state index < -0.39 is 29.0 Å². The van der Waals surface area contributed by atoms with Gasteiger partial charge in [-0.15, -0.1) is 0 Å². The van der Waals surface area contributed by atoms with E-state index in [1.54, 1.807) is 0 Å². The van der Waals surface area contributed by atoms with Crippen LogP contribution in [0.15, 0.2) is 11.6 Å². The predicted molar refractivity (Wildman–Crippen MR) is 93.2 cm³/mol. The van der Waals surface area contributed by atoms with Gasteiger partial charge in [-0.3, -0.25) is 14.4 Å². The minimum atomic E-state index is -1.01. The molecular weight excluding hydrogens is 334 g/mol. The SMILES string of the molecule is CCNC(=O)[C@@]12[C@@H](C(C)C)CC(=O)[C@@H]1[C@H]1C(=O)COC[C@@]13O[C@@H]2C=C3C. The summed E-state index contributed by atoms with van der Waals surface area (Å²) in [6, 6.07) is 0. The Morgan fingerprint density at radius 1 is 1.31 bits per heavy atom. The van der Waals surface area contributed by atoms with Gasteiger partial charge in [-0.05, 0) is 31.3 Å². The number of carbonyl (C=O) groups excluding carboxylic acids is 3. The fourth-order valence-corrected chi connectivity index (χ4v) is 6.02. The van der Waals surface area contributed by atoms with Crippen LogP contribution in [0.4, 0.5) is 0 Å². The van der Waals surface area contributed by atoms with Crippen LogP contribution in [0.3, 0.4) is 0 Å². The third kappa shape index (κ3) is 1.92. The topological polar surface area (TPSA) is 81.7 Å². The van der Waals surface area contributed by atoms with Gasteiger partial charge in [0.05, 0.1) is 24.0 Å². The highest BCUT2D eigenvalue weighted by Crippen LogP contribution is 2.65. The molecule has 4 rings (SSSR count). The van der Waals surface area contributed by atoms with Crippen molar-refractivity contribution in [3.05, 3.63) is 11.6 Å². The van der Waals surface area contributed by atoms with Crippen LogP contribution in [0.1, 0.15) is 34.1 Å². The summed E-state index contributed by atoms with van der Waals surface area (Å²) in [6.45, 7) is 8.61. The van der Waals surface area contributed by atoms with Crippen molar-refractivity contribution in [3.63, 3.8) is 0 Å². The lowest BCUT2D eigenvalue weighted by molar-refractivity contribution is -0.230. The zero-order chi connectivity index (χ0) is 18.9. The van der Waals surface area contributed by atoms with E-state index in [9.17, 15) is 14.4 Å². The van der Waals surface area contributed by atoms with Crippen molar-refractivity contribution in [1.29, 1.82) is 0 Å². The van der Waals surface area contributed by atoms with Gasteiger partial charge < -0.3 is 14.8 Å². The molecule has 0 aromatic carbocycles. The first-order valence-electron chi connectivity index (χ1n) is 9.58. The monoisotopic (exact) mass is 361 g/mol. The molecule has 1 aliphatic carbocycles. The normalized spacial score (nSPS) is 44.0. The molecule has 1 spiro atoms. The Hall–Kier alpha value is -1.53. The fourth-order valence-electron chi connectivity index (χ4n) is 6.02. The van der Waals surface area contributed by atoms with E-state index in [4.69, 9.17) is 9.47 Å². The first-order chi connectivity index (χ1) is 12.3. The lowest BCUT2D eigenvalue weighted by Crippen LogP contribution is -2.68. The molecule has 3 fully saturated rings. The van der Waals surface area contributed by atoms with Crippen LogP contribution < -0.4 is 5.32 Å². The van der Waals surface area contributed by atoms with Gasteiger partial charge in [0, 0.05) is 18.9 Å². The molecule has 1 N–H and O–H groups in total. The molecule has 2 saturated heterocycles. The number of carbonyl (C=O) groups is 3. The maximum Gasteiger partial charge on any atom is 0.230 e. The molecule has 6 atom stereocenters. The quantitative estimate of drug-likeness (QED) is 0.766. The van der Waals surface area contributed by atoms with Crippen molar-refractivity contribution >= 4 is 17.5 Å². The summed E-state index contributed by atoms with van der Waals surface area (Å²) in [4.78, 5) is 39.6. The smallest absolute Gasteiger partial charge is 0.230 e. The lowest BCUT2D eigenvalue weighted by atomic mass is 9.56. The number of fused-ring (bicyclic) bond motifs is 4. The zero-order valence-electron chi connectivity index (χ0n) is 15.8. The van der Waals surface area contributed by atoms with Crippen molar-refractivity contribution < 1.29 is 23.9 Å². The highest BCUT2D eigenvalue weighted by Gasteiger charge is 2.76. The molecule has 6 heteroatoms. The average Bonchev–Trinajstić information content (AvgIpc) is 3.03. The lowest BCUT2D eigenvalue weighted by Gasteiger charge is -2.55. The summed E-state index contributed by atoms with van der Waals surface area (Å²) in [6.07, 6.45) is 1.80. The van der Waals surface area contributed by atoms with Gasteiger partial charge in [-0.2, -0.15) is 0 Å². The van der Waals surface area contributed by atoms with Crippen molar-refractivity contribution in [3.8, 4) is 0 Å². The molecule has 0 aromatic heterocycles. The Labute approximate surface area is 153 Å². The summed E-state index contributed by atoms with van der Waals surface area (Å²) in [5.74, 6) is -1.54. The van der Waals surface area contributed by atoms with Gasteiger partial charge in [0.25, 0.3) is 0 Å². The number of amides is 1.